The zero-order valence-corrected chi connectivity index (χ0v) is 6.17. The van der Waals surface area contributed by atoms with Crippen LogP contribution in [0.4, 0.5) is 0 Å². The molecular weight excluding hydrogens is 143 g/mol. The zero-order valence-electron chi connectivity index (χ0n) is 5.28. The average Bonchev–Trinajstić information content (AvgIpc) is 1.63. The van der Waals surface area contributed by atoms with E-state index in [2.05, 4.69) is 4.74 Å². The number of ether oxygens (including phenoxy) is 1. The molecule has 9 heavy (non-hydrogen) atoms. The Labute approximate surface area is 53.9 Å². The van der Waals surface area contributed by atoms with Gasteiger partial charge in [-0.1, -0.05) is 0 Å². The van der Waals surface area contributed by atoms with Crippen molar-refractivity contribution in [2.45, 2.75) is 0 Å². The van der Waals surface area contributed by atoms with E-state index >= 15 is 0 Å². The minimum absolute atomic E-state index is 0.111. The van der Waals surface area contributed by atoms with E-state index in [9.17, 15) is 4.57 Å². The van der Waals surface area contributed by atoms with Gasteiger partial charge in [0, 0.05) is 6.66 Å². The molecule has 0 heterocycles. The quantitative estimate of drug-likeness (QED) is 0.436. The van der Waals surface area contributed by atoms with Gasteiger partial charge in [-0.15, -0.1) is 0 Å². The third kappa shape index (κ3) is 8.11. The lowest BCUT2D eigenvalue weighted by molar-refractivity contribution is 0.118. The molecule has 0 rings (SSSR count). The van der Waals surface area contributed by atoms with E-state index in [4.69, 9.17) is 10.00 Å². The second-order valence-corrected chi connectivity index (χ2v) is 4.17. The fourth-order valence-electron chi connectivity index (χ4n) is 0.298. The Balaban J connectivity index is 3.18. The Morgan fingerprint density at radius 1 is 1.67 bits per heavy atom. The summed E-state index contributed by atoms with van der Waals surface area (Å²) >= 11 is 0. The van der Waals surface area contributed by atoms with Crippen LogP contribution in [0.3, 0.4) is 0 Å². The highest BCUT2D eigenvalue weighted by Crippen LogP contribution is 2.34. The molecule has 1 unspecified atom stereocenters. The van der Waals surface area contributed by atoms with Gasteiger partial charge in [0.25, 0.3) is 0 Å². The van der Waals surface area contributed by atoms with Crippen molar-refractivity contribution in [3.05, 3.63) is 0 Å². The Kier molecular flexibility index (Phi) is 4.06. The molecule has 4 nitrogen and oxygen atoms in total. The molecule has 0 aromatic carbocycles. The van der Waals surface area contributed by atoms with Crippen molar-refractivity contribution in [1.82, 2.24) is 0 Å². The van der Waals surface area contributed by atoms with Crippen LogP contribution in [0.25, 0.3) is 0 Å². The maximum absolute atomic E-state index is 10.4. The highest BCUT2D eigenvalue weighted by atomic mass is 31.2. The van der Waals surface area contributed by atoms with Crippen molar-refractivity contribution in [1.29, 1.82) is 0 Å². The summed E-state index contributed by atoms with van der Waals surface area (Å²) in [6, 6.07) is 0. The number of rotatable bonds is 4. The number of aliphatic hydroxyl groups is 1. The lowest BCUT2D eigenvalue weighted by atomic mass is 10.8. The van der Waals surface area contributed by atoms with Gasteiger partial charge in [-0.3, -0.25) is 4.57 Å². The predicted octanol–water partition coefficient (Wildman–Crippen LogP) is -0.147. The van der Waals surface area contributed by atoms with Crippen LogP contribution in [0.15, 0.2) is 0 Å². The van der Waals surface area contributed by atoms with Crippen molar-refractivity contribution in [2.24, 2.45) is 0 Å². The lowest BCUT2D eigenvalue weighted by Crippen LogP contribution is -2.00. The molecule has 2 N–H and O–H groups in total. The summed E-state index contributed by atoms with van der Waals surface area (Å²) in [5, 5.41) is 8.17. The third-order valence-corrected chi connectivity index (χ3v) is 1.23. The number of aliphatic hydroxyl groups excluding tert-OH is 1. The Morgan fingerprint density at radius 3 is 2.56 bits per heavy atom. The first kappa shape index (κ1) is 9.11. The molecule has 0 aliphatic carbocycles. The molecule has 5 heteroatoms. The van der Waals surface area contributed by atoms with E-state index in [1.165, 1.54) is 6.66 Å². The van der Waals surface area contributed by atoms with Crippen LogP contribution in [0.1, 0.15) is 0 Å². The molecule has 1 atom stereocenters. The summed E-state index contributed by atoms with van der Waals surface area (Å²) in [4.78, 5) is 8.59. The third-order valence-electron chi connectivity index (χ3n) is 0.566. The minimum Gasteiger partial charge on any atom is -0.394 e. The van der Waals surface area contributed by atoms with Gasteiger partial charge >= 0.3 is 0 Å². The van der Waals surface area contributed by atoms with Crippen LogP contribution in [-0.2, 0) is 9.30 Å². The maximum atomic E-state index is 10.4. The number of hydrogen-bond acceptors (Lipinski definition) is 3. The molecule has 56 valence electrons. The topological polar surface area (TPSA) is 66.8 Å². The van der Waals surface area contributed by atoms with Crippen molar-refractivity contribution in [3.8, 4) is 0 Å². The first-order valence-electron chi connectivity index (χ1n) is 2.54. The molecule has 0 amide bonds. The summed E-state index contributed by atoms with van der Waals surface area (Å²) in [5.41, 5.74) is 0. The van der Waals surface area contributed by atoms with Crippen molar-refractivity contribution in [2.75, 3.05) is 26.2 Å². The van der Waals surface area contributed by atoms with Gasteiger partial charge in [0.15, 0.2) is 0 Å². The summed E-state index contributed by atoms with van der Waals surface area (Å²) in [7, 11) is -3.03. The zero-order chi connectivity index (χ0) is 7.33. The SMILES string of the molecule is CP(=O)(O)COCCO. The average molecular weight is 154 g/mol. The van der Waals surface area contributed by atoms with Gasteiger partial charge in [0.1, 0.15) is 6.35 Å². The molecule has 0 spiro atoms. The highest BCUT2D eigenvalue weighted by molar-refractivity contribution is 7.56. The summed E-state index contributed by atoms with van der Waals surface area (Å²) < 4.78 is 15.0. The van der Waals surface area contributed by atoms with E-state index in [0.717, 1.165) is 0 Å². The van der Waals surface area contributed by atoms with Gasteiger partial charge < -0.3 is 14.7 Å². The minimum atomic E-state index is -3.03. The molecule has 0 aliphatic heterocycles. The highest BCUT2D eigenvalue weighted by Gasteiger charge is 2.07. The van der Waals surface area contributed by atoms with Gasteiger partial charge in [-0.05, 0) is 0 Å². The van der Waals surface area contributed by atoms with E-state index in [1.54, 1.807) is 0 Å². The molecule has 0 saturated carbocycles. The summed E-state index contributed by atoms with van der Waals surface area (Å²) in [6.07, 6.45) is -0.173. The van der Waals surface area contributed by atoms with Crippen molar-refractivity contribution in [3.63, 3.8) is 0 Å². The fourth-order valence-corrected chi connectivity index (χ4v) is 0.766. The van der Waals surface area contributed by atoms with E-state index in [0.29, 0.717) is 0 Å². The molecule has 0 bridgehead atoms. The Morgan fingerprint density at radius 2 is 2.22 bits per heavy atom. The van der Waals surface area contributed by atoms with Gasteiger partial charge in [-0.2, -0.15) is 0 Å². The Hall–Kier alpha value is 0.110. The summed E-state index contributed by atoms with van der Waals surface area (Å²) in [6.45, 7) is 1.22. The molecule has 0 aliphatic rings. The monoisotopic (exact) mass is 154 g/mol. The molecule has 0 aromatic rings. The van der Waals surface area contributed by atoms with Crippen LogP contribution in [-0.4, -0.2) is 36.2 Å². The van der Waals surface area contributed by atoms with Crippen LogP contribution in [0.5, 0.6) is 0 Å². The van der Waals surface area contributed by atoms with Crippen LogP contribution >= 0.6 is 7.37 Å². The largest absolute Gasteiger partial charge is 0.394 e. The molecule has 0 aromatic heterocycles. The van der Waals surface area contributed by atoms with E-state index < -0.39 is 7.37 Å². The molecule has 0 fully saturated rings. The predicted molar refractivity (Wildman–Crippen MR) is 33.7 cm³/mol. The lowest BCUT2D eigenvalue weighted by Gasteiger charge is -2.03. The van der Waals surface area contributed by atoms with Gasteiger partial charge in [-0.25, -0.2) is 0 Å². The fraction of sp³-hybridized carbons (Fsp3) is 1.00. The molecule has 0 saturated heterocycles. The van der Waals surface area contributed by atoms with Crippen molar-refractivity contribution < 1.29 is 19.3 Å². The summed E-state index contributed by atoms with van der Waals surface area (Å²) in [5.74, 6) is 0. The second kappa shape index (κ2) is 4.01. The number of hydrogen-bond donors (Lipinski definition) is 2. The maximum Gasteiger partial charge on any atom is 0.222 e. The Bertz CT molecular complexity index is 107. The van der Waals surface area contributed by atoms with Crippen molar-refractivity contribution >= 4 is 7.37 Å². The smallest absolute Gasteiger partial charge is 0.222 e. The van der Waals surface area contributed by atoms with Gasteiger partial charge in [0.2, 0.25) is 7.37 Å². The second-order valence-electron chi connectivity index (χ2n) is 1.81. The van der Waals surface area contributed by atoms with Gasteiger partial charge in [0.05, 0.1) is 13.2 Å². The normalized spacial score (nSPS) is 17.2. The van der Waals surface area contributed by atoms with Crippen LogP contribution < -0.4 is 0 Å². The molecular formula is C4H11O4P. The standard InChI is InChI=1S/C4H11O4P/c1-9(6,7)4-8-3-2-5/h5H,2-4H2,1H3,(H,6,7). The first-order valence-corrected chi connectivity index (χ1v) is 4.83. The first-order chi connectivity index (χ1) is 4.06. The van der Waals surface area contributed by atoms with Crippen LogP contribution in [0.2, 0.25) is 0 Å². The molecule has 0 radical (unpaired) electrons. The van der Waals surface area contributed by atoms with E-state index in [-0.39, 0.29) is 19.6 Å². The van der Waals surface area contributed by atoms with Crippen LogP contribution in [0, 0.1) is 0 Å². The van der Waals surface area contributed by atoms with E-state index in [1.807, 2.05) is 0 Å².